The number of rotatable bonds is 5. The quantitative estimate of drug-likeness (QED) is 0.705. The van der Waals surface area contributed by atoms with E-state index in [2.05, 4.69) is 21.0 Å². The highest BCUT2D eigenvalue weighted by Gasteiger charge is 2.14. The van der Waals surface area contributed by atoms with Gasteiger partial charge in [-0.2, -0.15) is 5.10 Å². The fraction of sp³-hybridized carbons (Fsp3) is 0.357. The normalized spacial score (nSPS) is 10.8. The molecule has 0 spiro atoms. The van der Waals surface area contributed by atoms with Gasteiger partial charge in [-0.15, -0.1) is 11.6 Å². The van der Waals surface area contributed by atoms with Gasteiger partial charge in [0.05, 0.1) is 22.3 Å². The molecule has 0 radical (unpaired) electrons. The predicted octanol–water partition coefficient (Wildman–Crippen LogP) is 4.72. The molecule has 0 aliphatic rings. The van der Waals surface area contributed by atoms with Crippen LogP contribution in [0.5, 0.6) is 5.75 Å². The van der Waals surface area contributed by atoms with E-state index in [1.807, 2.05) is 32.2 Å². The van der Waals surface area contributed by atoms with Gasteiger partial charge in [0, 0.05) is 17.1 Å². The maximum Gasteiger partial charge on any atom is 0.131 e. The van der Waals surface area contributed by atoms with Crippen molar-refractivity contribution in [3.63, 3.8) is 0 Å². The third kappa shape index (κ3) is 3.30. The van der Waals surface area contributed by atoms with E-state index in [4.69, 9.17) is 27.9 Å². The van der Waals surface area contributed by atoms with Crippen molar-refractivity contribution in [3.8, 4) is 5.75 Å². The zero-order valence-corrected chi connectivity index (χ0v) is 14.4. The van der Waals surface area contributed by atoms with Crippen LogP contribution in [0.15, 0.2) is 22.7 Å². The van der Waals surface area contributed by atoms with Gasteiger partial charge >= 0.3 is 0 Å². The number of hydrogen-bond acceptors (Lipinski definition) is 2. The minimum atomic E-state index is 0.369. The van der Waals surface area contributed by atoms with Crippen LogP contribution in [0.25, 0.3) is 0 Å². The molecule has 0 fully saturated rings. The Balaban J connectivity index is 2.19. The fourth-order valence-corrected chi connectivity index (χ4v) is 2.88. The van der Waals surface area contributed by atoms with Crippen LogP contribution in [0.2, 0.25) is 5.02 Å². The van der Waals surface area contributed by atoms with E-state index in [0.29, 0.717) is 17.5 Å². The van der Waals surface area contributed by atoms with Gasteiger partial charge in [0.1, 0.15) is 12.4 Å². The Kier molecular flexibility index (Phi) is 5.35. The Morgan fingerprint density at radius 1 is 1.40 bits per heavy atom. The molecular formula is C14H15BrCl2N2O. The molecule has 0 atom stereocenters. The van der Waals surface area contributed by atoms with Gasteiger partial charge in [-0.1, -0.05) is 34.5 Å². The van der Waals surface area contributed by atoms with Crippen LogP contribution < -0.4 is 4.74 Å². The third-order valence-electron chi connectivity index (χ3n) is 3.03. The monoisotopic (exact) mass is 376 g/mol. The molecule has 0 aliphatic carbocycles. The van der Waals surface area contributed by atoms with Crippen molar-refractivity contribution < 1.29 is 4.74 Å². The molecule has 108 valence electrons. The largest absolute Gasteiger partial charge is 0.487 e. The molecule has 6 heteroatoms. The first-order valence-electron chi connectivity index (χ1n) is 6.24. The number of aryl methyl sites for hydroxylation is 2. The predicted molar refractivity (Wildman–Crippen MR) is 85.6 cm³/mol. The molecule has 1 aromatic carbocycles. The summed E-state index contributed by atoms with van der Waals surface area (Å²) >= 11 is 15.6. The molecule has 20 heavy (non-hydrogen) atoms. The number of halogens is 3. The van der Waals surface area contributed by atoms with Crippen molar-refractivity contribution in [1.82, 2.24) is 9.78 Å². The number of nitrogens with zero attached hydrogens (tertiary/aromatic N) is 2. The van der Waals surface area contributed by atoms with Crippen LogP contribution in [0, 0.1) is 0 Å². The number of alkyl halides is 1. The van der Waals surface area contributed by atoms with E-state index in [-0.39, 0.29) is 0 Å². The summed E-state index contributed by atoms with van der Waals surface area (Å²) in [7, 11) is 1.87. The molecule has 3 nitrogen and oxygen atoms in total. The topological polar surface area (TPSA) is 27.1 Å². The minimum Gasteiger partial charge on any atom is -0.487 e. The summed E-state index contributed by atoms with van der Waals surface area (Å²) in [6.45, 7) is 2.40. The van der Waals surface area contributed by atoms with Crippen LogP contribution in [-0.2, 0) is 26.0 Å². The summed E-state index contributed by atoms with van der Waals surface area (Å²) in [6.07, 6.45) is 0.803. The summed E-state index contributed by atoms with van der Waals surface area (Å²) in [4.78, 5) is 0. The number of ether oxygens (including phenoxy) is 1. The lowest BCUT2D eigenvalue weighted by Gasteiger charge is -2.11. The first kappa shape index (κ1) is 15.7. The van der Waals surface area contributed by atoms with Gasteiger partial charge in [-0.05, 0) is 24.6 Å². The van der Waals surface area contributed by atoms with Crippen molar-refractivity contribution in [2.75, 3.05) is 0 Å². The zero-order chi connectivity index (χ0) is 14.7. The highest BCUT2D eigenvalue weighted by Crippen LogP contribution is 2.27. The number of benzene rings is 1. The molecule has 1 heterocycles. The smallest absolute Gasteiger partial charge is 0.131 e. The molecule has 0 saturated carbocycles. The van der Waals surface area contributed by atoms with Crippen molar-refractivity contribution in [2.45, 2.75) is 25.8 Å². The summed E-state index contributed by atoms with van der Waals surface area (Å²) in [5, 5.41) is 5.05. The highest BCUT2D eigenvalue weighted by molar-refractivity contribution is 9.10. The molecular weight excluding hydrogens is 363 g/mol. The van der Waals surface area contributed by atoms with E-state index >= 15 is 0 Å². The number of hydrogen-bond donors (Lipinski definition) is 0. The third-order valence-corrected chi connectivity index (χ3v) is 4.25. The van der Waals surface area contributed by atoms with Crippen molar-refractivity contribution in [1.29, 1.82) is 0 Å². The Labute approximate surface area is 137 Å². The van der Waals surface area contributed by atoms with Crippen molar-refractivity contribution >= 4 is 39.1 Å². The molecule has 0 amide bonds. The van der Waals surface area contributed by atoms with E-state index in [0.717, 1.165) is 33.6 Å². The zero-order valence-electron chi connectivity index (χ0n) is 11.3. The van der Waals surface area contributed by atoms with Gasteiger partial charge in [-0.3, -0.25) is 4.68 Å². The Hall–Kier alpha value is -0.710. The average Bonchev–Trinajstić information content (AvgIpc) is 2.72. The van der Waals surface area contributed by atoms with Crippen LogP contribution in [-0.4, -0.2) is 9.78 Å². The van der Waals surface area contributed by atoms with Crippen LogP contribution in [0.3, 0.4) is 0 Å². The summed E-state index contributed by atoms with van der Waals surface area (Å²) in [5.41, 5.74) is 2.70. The highest BCUT2D eigenvalue weighted by atomic mass is 79.9. The maximum atomic E-state index is 6.30. The maximum absolute atomic E-state index is 6.30. The molecule has 0 aliphatic heterocycles. The van der Waals surface area contributed by atoms with E-state index in [1.165, 1.54) is 0 Å². The van der Waals surface area contributed by atoms with Crippen molar-refractivity contribution in [3.05, 3.63) is 44.6 Å². The minimum absolute atomic E-state index is 0.369. The van der Waals surface area contributed by atoms with Gasteiger partial charge in [0.15, 0.2) is 0 Å². The molecule has 2 rings (SSSR count). The lowest BCUT2D eigenvalue weighted by Crippen LogP contribution is -2.04. The second kappa shape index (κ2) is 6.83. The van der Waals surface area contributed by atoms with Crippen LogP contribution >= 0.6 is 39.1 Å². The van der Waals surface area contributed by atoms with E-state index in [1.54, 1.807) is 4.68 Å². The average molecular weight is 378 g/mol. The van der Waals surface area contributed by atoms with Crippen LogP contribution in [0.4, 0.5) is 0 Å². The summed E-state index contributed by atoms with van der Waals surface area (Å²) in [5.74, 6) is 1.16. The lowest BCUT2D eigenvalue weighted by atomic mass is 10.2. The molecule has 0 N–H and O–H groups in total. The fourth-order valence-electron chi connectivity index (χ4n) is 1.92. The molecule has 1 aromatic heterocycles. The van der Waals surface area contributed by atoms with E-state index < -0.39 is 0 Å². The van der Waals surface area contributed by atoms with E-state index in [9.17, 15) is 0 Å². The first-order valence-corrected chi connectivity index (χ1v) is 7.94. The second-order valence-corrected chi connectivity index (χ2v) is 5.92. The van der Waals surface area contributed by atoms with Gasteiger partial charge in [-0.25, -0.2) is 0 Å². The molecule has 0 unspecified atom stereocenters. The van der Waals surface area contributed by atoms with Crippen LogP contribution in [0.1, 0.15) is 23.9 Å². The van der Waals surface area contributed by atoms with Crippen molar-refractivity contribution in [2.24, 2.45) is 7.05 Å². The standard InChI is InChI=1S/C14H15BrCl2N2O/c1-3-11-14(17)12(19(2)18-11)8-20-13-5-4-10(15)6-9(13)7-16/h4-6H,3,7-8H2,1-2H3. The first-order chi connectivity index (χ1) is 9.56. The molecule has 0 saturated heterocycles. The lowest BCUT2D eigenvalue weighted by molar-refractivity contribution is 0.292. The Morgan fingerprint density at radius 3 is 2.75 bits per heavy atom. The molecule has 2 aromatic rings. The van der Waals surface area contributed by atoms with Gasteiger partial charge in [0.2, 0.25) is 0 Å². The number of aromatic nitrogens is 2. The summed E-state index contributed by atoms with van der Waals surface area (Å²) in [6, 6.07) is 5.77. The Morgan fingerprint density at radius 2 is 2.15 bits per heavy atom. The SMILES string of the molecule is CCc1nn(C)c(COc2ccc(Br)cc2CCl)c1Cl. The Bertz CT molecular complexity index is 613. The summed E-state index contributed by atoms with van der Waals surface area (Å²) < 4.78 is 8.58. The van der Waals surface area contributed by atoms with Gasteiger partial charge in [0.25, 0.3) is 0 Å². The second-order valence-electron chi connectivity index (χ2n) is 4.36. The molecule has 0 bridgehead atoms. The van der Waals surface area contributed by atoms with Gasteiger partial charge < -0.3 is 4.74 Å².